The molecule has 0 unspecified atom stereocenters. The Balaban J connectivity index is 2.03. The first-order chi connectivity index (χ1) is 12.0. The third-order valence-corrected chi connectivity index (χ3v) is 4.06. The number of nitrogens with zero attached hydrogens (tertiary/aromatic N) is 2. The van der Waals surface area contributed by atoms with Crippen LogP contribution in [0.2, 0.25) is 0 Å². The summed E-state index contributed by atoms with van der Waals surface area (Å²) in [4.78, 5) is 12.6. The predicted molar refractivity (Wildman–Crippen MR) is 98.2 cm³/mol. The molecule has 0 spiro atoms. The number of ether oxygens (including phenoxy) is 2. The number of benzene rings is 1. The quantitative estimate of drug-likeness (QED) is 0.703. The van der Waals surface area contributed by atoms with Crippen LogP contribution in [0.15, 0.2) is 36.5 Å². The van der Waals surface area contributed by atoms with Gasteiger partial charge in [0.2, 0.25) is 0 Å². The third kappa shape index (κ3) is 5.32. The average Bonchev–Trinajstić information content (AvgIpc) is 3.06. The van der Waals surface area contributed by atoms with Crippen molar-refractivity contribution in [1.29, 1.82) is 0 Å². The van der Waals surface area contributed by atoms with Crippen molar-refractivity contribution in [3.8, 4) is 5.75 Å². The second kappa shape index (κ2) is 9.22. The Morgan fingerprint density at radius 2 is 2.04 bits per heavy atom. The molecule has 136 valence electrons. The van der Waals surface area contributed by atoms with E-state index in [2.05, 4.69) is 31.2 Å². The van der Waals surface area contributed by atoms with E-state index < -0.39 is 0 Å². The standard InChI is InChI=1S/C19H27N3O3/c1-5-24-11-12-25-17-8-6-7-16(13-17)19(23)21-18-9-10-20-22(18)15(4)14(2)3/h6-10,13-15H,5,11-12H2,1-4H3,(H,21,23)/t15-/m1/s1. The van der Waals surface area contributed by atoms with Crippen LogP contribution in [0.5, 0.6) is 5.75 Å². The van der Waals surface area contributed by atoms with E-state index in [4.69, 9.17) is 9.47 Å². The molecule has 0 fully saturated rings. The van der Waals surface area contributed by atoms with E-state index in [1.165, 1.54) is 0 Å². The van der Waals surface area contributed by atoms with Crippen LogP contribution in [0.1, 0.15) is 44.1 Å². The van der Waals surface area contributed by atoms with Gasteiger partial charge in [-0.3, -0.25) is 4.79 Å². The molecule has 1 atom stereocenters. The highest BCUT2D eigenvalue weighted by Crippen LogP contribution is 2.22. The maximum Gasteiger partial charge on any atom is 0.256 e. The SMILES string of the molecule is CCOCCOc1cccc(C(=O)Nc2ccnn2[C@H](C)C(C)C)c1. The molecule has 0 bridgehead atoms. The smallest absolute Gasteiger partial charge is 0.256 e. The van der Waals surface area contributed by atoms with E-state index in [1.54, 1.807) is 30.5 Å². The second-order valence-electron chi connectivity index (χ2n) is 6.17. The van der Waals surface area contributed by atoms with Gasteiger partial charge in [0.25, 0.3) is 5.91 Å². The molecule has 2 aromatic rings. The van der Waals surface area contributed by atoms with Crippen LogP contribution in [0.25, 0.3) is 0 Å². The molecule has 6 heteroatoms. The van der Waals surface area contributed by atoms with Crippen LogP contribution < -0.4 is 10.1 Å². The zero-order valence-electron chi connectivity index (χ0n) is 15.4. The number of carbonyl (C=O) groups excluding carboxylic acids is 1. The minimum Gasteiger partial charge on any atom is -0.491 e. The van der Waals surface area contributed by atoms with E-state index in [-0.39, 0.29) is 11.9 Å². The average molecular weight is 345 g/mol. The molecular weight excluding hydrogens is 318 g/mol. The first-order valence-corrected chi connectivity index (χ1v) is 8.68. The van der Waals surface area contributed by atoms with Crippen molar-refractivity contribution < 1.29 is 14.3 Å². The van der Waals surface area contributed by atoms with E-state index in [9.17, 15) is 4.79 Å². The summed E-state index contributed by atoms with van der Waals surface area (Å²) in [6.07, 6.45) is 1.70. The van der Waals surface area contributed by atoms with Gasteiger partial charge in [-0.1, -0.05) is 19.9 Å². The fraction of sp³-hybridized carbons (Fsp3) is 0.474. The Hall–Kier alpha value is -2.34. The van der Waals surface area contributed by atoms with Crippen LogP contribution >= 0.6 is 0 Å². The second-order valence-corrected chi connectivity index (χ2v) is 6.17. The fourth-order valence-corrected chi connectivity index (χ4v) is 2.30. The molecule has 1 amide bonds. The minimum absolute atomic E-state index is 0.187. The topological polar surface area (TPSA) is 65.4 Å². The lowest BCUT2D eigenvalue weighted by Crippen LogP contribution is -2.20. The van der Waals surface area contributed by atoms with Crippen LogP contribution in [0.4, 0.5) is 5.82 Å². The maximum absolute atomic E-state index is 12.6. The van der Waals surface area contributed by atoms with Crippen molar-refractivity contribution >= 4 is 11.7 Å². The molecule has 1 N–H and O–H groups in total. The van der Waals surface area contributed by atoms with Gasteiger partial charge in [-0.2, -0.15) is 5.10 Å². The van der Waals surface area contributed by atoms with Gasteiger partial charge in [0.05, 0.1) is 18.8 Å². The van der Waals surface area contributed by atoms with Crippen molar-refractivity contribution in [3.63, 3.8) is 0 Å². The van der Waals surface area contributed by atoms with Gasteiger partial charge < -0.3 is 14.8 Å². The number of amides is 1. The number of rotatable bonds is 9. The molecule has 25 heavy (non-hydrogen) atoms. The number of carbonyl (C=O) groups is 1. The first-order valence-electron chi connectivity index (χ1n) is 8.68. The third-order valence-electron chi connectivity index (χ3n) is 4.06. The monoisotopic (exact) mass is 345 g/mol. The van der Waals surface area contributed by atoms with Gasteiger partial charge in [-0.05, 0) is 38.0 Å². The largest absolute Gasteiger partial charge is 0.491 e. The van der Waals surface area contributed by atoms with Gasteiger partial charge in [0.15, 0.2) is 0 Å². The minimum atomic E-state index is -0.187. The van der Waals surface area contributed by atoms with Crippen LogP contribution in [0, 0.1) is 5.92 Å². The first kappa shape index (κ1) is 19.0. The molecule has 6 nitrogen and oxygen atoms in total. The number of nitrogens with one attached hydrogen (secondary N) is 1. The summed E-state index contributed by atoms with van der Waals surface area (Å²) >= 11 is 0. The van der Waals surface area contributed by atoms with E-state index in [1.807, 2.05) is 17.7 Å². The van der Waals surface area contributed by atoms with Crippen molar-refractivity contribution in [2.24, 2.45) is 5.92 Å². The van der Waals surface area contributed by atoms with Crippen molar-refractivity contribution in [1.82, 2.24) is 9.78 Å². The van der Waals surface area contributed by atoms with Crippen LogP contribution in [-0.2, 0) is 4.74 Å². The lowest BCUT2D eigenvalue weighted by molar-refractivity contribution is 0.102. The van der Waals surface area contributed by atoms with Gasteiger partial charge >= 0.3 is 0 Å². The molecule has 1 aromatic heterocycles. The van der Waals surface area contributed by atoms with Crippen molar-refractivity contribution in [2.75, 3.05) is 25.1 Å². The fourth-order valence-electron chi connectivity index (χ4n) is 2.30. The summed E-state index contributed by atoms with van der Waals surface area (Å²) < 4.78 is 12.7. The molecule has 1 aromatic carbocycles. The Morgan fingerprint density at radius 3 is 2.76 bits per heavy atom. The number of aromatic nitrogens is 2. The molecule has 0 aliphatic carbocycles. The van der Waals surface area contributed by atoms with Gasteiger partial charge in [0.1, 0.15) is 18.2 Å². The zero-order valence-corrected chi connectivity index (χ0v) is 15.4. The van der Waals surface area contributed by atoms with E-state index in [0.717, 1.165) is 0 Å². The Morgan fingerprint density at radius 1 is 1.24 bits per heavy atom. The molecule has 0 saturated heterocycles. The molecule has 2 rings (SSSR count). The lowest BCUT2D eigenvalue weighted by Gasteiger charge is -2.19. The Kier molecular flexibility index (Phi) is 7.01. The molecular formula is C19H27N3O3. The van der Waals surface area contributed by atoms with Crippen LogP contribution in [-0.4, -0.2) is 35.5 Å². The lowest BCUT2D eigenvalue weighted by atomic mass is 10.1. The molecule has 0 aliphatic heterocycles. The molecule has 0 aliphatic rings. The van der Waals surface area contributed by atoms with E-state index >= 15 is 0 Å². The summed E-state index contributed by atoms with van der Waals surface area (Å²) in [5, 5.41) is 7.25. The molecule has 0 saturated carbocycles. The van der Waals surface area contributed by atoms with Gasteiger partial charge in [-0.15, -0.1) is 0 Å². The Labute approximate surface area is 149 Å². The normalized spacial score (nSPS) is 12.2. The highest BCUT2D eigenvalue weighted by atomic mass is 16.5. The molecule has 0 radical (unpaired) electrons. The number of hydrogen-bond acceptors (Lipinski definition) is 4. The van der Waals surface area contributed by atoms with Gasteiger partial charge in [-0.25, -0.2) is 4.68 Å². The summed E-state index contributed by atoms with van der Waals surface area (Å²) in [6.45, 7) is 9.92. The predicted octanol–water partition coefficient (Wildman–Crippen LogP) is 3.77. The summed E-state index contributed by atoms with van der Waals surface area (Å²) in [7, 11) is 0. The summed E-state index contributed by atoms with van der Waals surface area (Å²) in [5.41, 5.74) is 0.541. The summed E-state index contributed by atoms with van der Waals surface area (Å²) in [6, 6.07) is 9.12. The van der Waals surface area contributed by atoms with E-state index in [0.29, 0.717) is 42.9 Å². The van der Waals surface area contributed by atoms with Gasteiger partial charge in [0, 0.05) is 18.2 Å². The summed E-state index contributed by atoms with van der Waals surface area (Å²) in [5.74, 6) is 1.57. The van der Waals surface area contributed by atoms with Crippen molar-refractivity contribution in [3.05, 3.63) is 42.1 Å². The number of hydrogen-bond donors (Lipinski definition) is 1. The number of anilines is 1. The molecule has 1 heterocycles. The van der Waals surface area contributed by atoms with Crippen LogP contribution in [0.3, 0.4) is 0 Å². The van der Waals surface area contributed by atoms with Crippen molar-refractivity contribution in [2.45, 2.75) is 33.7 Å². The zero-order chi connectivity index (χ0) is 18.2. The highest BCUT2D eigenvalue weighted by molar-refractivity contribution is 6.04. The highest BCUT2D eigenvalue weighted by Gasteiger charge is 2.16. The Bertz CT molecular complexity index is 682. The maximum atomic E-state index is 12.6.